The van der Waals surface area contributed by atoms with Gasteiger partial charge < -0.3 is 10.4 Å². The molecule has 0 saturated heterocycles. The molecule has 0 amide bonds. The molecule has 2 heteroatoms. The Bertz CT molecular complexity index is 288. The van der Waals surface area contributed by atoms with Crippen LogP contribution in [0.2, 0.25) is 0 Å². The molecular formula is C14H27NO. The average molecular weight is 225 g/mol. The Morgan fingerprint density at radius 3 is 2.06 bits per heavy atom. The molecule has 2 nitrogen and oxygen atoms in total. The van der Waals surface area contributed by atoms with Crippen LogP contribution in [0.3, 0.4) is 0 Å². The second-order valence-electron chi connectivity index (χ2n) is 7.72. The summed E-state index contributed by atoms with van der Waals surface area (Å²) in [6.07, 6.45) is 2.33. The third-order valence-corrected chi connectivity index (χ3v) is 5.01. The van der Waals surface area contributed by atoms with Gasteiger partial charge in [0.2, 0.25) is 0 Å². The Morgan fingerprint density at radius 2 is 1.69 bits per heavy atom. The Labute approximate surface area is 99.8 Å². The fraction of sp³-hybridized carbons (Fsp3) is 1.00. The van der Waals surface area contributed by atoms with E-state index in [4.69, 9.17) is 0 Å². The molecule has 3 saturated carbocycles. The molecule has 3 rings (SSSR count). The first-order valence-electron chi connectivity index (χ1n) is 6.55. The topological polar surface area (TPSA) is 32.3 Å². The van der Waals surface area contributed by atoms with Crippen LogP contribution in [0.4, 0.5) is 0 Å². The lowest BCUT2D eigenvalue weighted by Crippen LogP contribution is -2.71. The lowest BCUT2D eigenvalue weighted by Gasteiger charge is -2.66. The van der Waals surface area contributed by atoms with E-state index in [1.807, 2.05) is 6.92 Å². The van der Waals surface area contributed by atoms with E-state index in [-0.39, 0.29) is 11.6 Å². The van der Waals surface area contributed by atoms with Crippen LogP contribution in [0.25, 0.3) is 0 Å². The van der Waals surface area contributed by atoms with Gasteiger partial charge in [0.05, 0.1) is 5.60 Å². The third-order valence-electron chi connectivity index (χ3n) is 5.01. The largest absolute Gasteiger partial charge is 0.388 e. The van der Waals surface area contributed by atoms with Crippen molar-refractivity contribution in [3.05, 3.63) is 0 Å². The van der Waals surface area contributed by atoms with E-state index in [0.717, 1.165) is 12.3 Å². The van der Waals surface area contributed by atoms with Crippen LogP contribution in [-0.4, -0.2) is 22.3 Å². The first-order valence-corrected chi connectivity index (χ1v) is 6.55. The summed E-state index contributed by atoms with van der Waals surface area (Å²) in [6, 6.07) is 0.254. The summed E-state index contributed by atoms with van der Waals surface area (Å²) in [5, 5.41) is 14.4. The normalized spacial score (nSPS) is 46.3. The third kappa shape index (κ3) is 1.70. The molecule has 0 aliphatic heterocycles. The van der Waals surface area contributed by atoms with Crippen molar-refractivity contribution in [3.8, 4) is 0 Å². The molecule has 94 valence electrons. The molecule has 3 aliphatic rings. The van der Waals surface area contributed by atoms with Gasteiger partial charge in [0.15, 0.2) is 0 Å². The second kappa shape index (κ2) is 3.23. The summed E-state index contributed by atoms with van der Waals surface area (Å²) in [6.45, 7) is 13.2. The highest BCUT2D eigenvalue weighted by molar-refractivity contribution is 5.15. The second-order valence-corrected chi connectivity index (χ2v) is 7.72. The predicted octanol–water partition coefficient (Wildman–Crippen LogP) is 2.56. The molecule has 0 aromatic carbocycles. The van der Waals surface area contributed by atoms with Crippen molar-refractivity contribution in [1.29, 1.82) is 0 Å². The van der Waals surface area contributed by atoms with Crippen molar-refractivity contribution < 1.29 is 5.11 Å². The molecule has 0 aromatic rings. The van der Waals surface area contributed by atoms with Crippen LogP contribution < -0.4 is 5.32 Å². The smallest absolute Gasteiger partial charge is 0.0805 e. The average Bonchev–Trinajstić information content (AvgIpc) is 2.04. The minimum absolute atomic E-state index is 0.0859. The molecule has 4 atom stereocenters. The first kappa shape index (κ1) is 12.4. The summed E-state index contributed by atoms with van der Waals surface area (Å²) in [5.74, 6) is 1.25. The monoisotopic (exact) mass is 225 g/mol. The summed E-state index contributed by atoms with van der Waals surface area (Å²) in [4.78, 5) is 0. The number of hydrogen-bond acceptors (Lipinski definition) is 2. The van der Waals surface area contributed by atoms with Gasteiger partial charge in [-0.3, -0.25) is 0 Å². The van der Waals surface area contributed by atoms with Crippen LogP contribution >= 0.6 is 0 Å². The van der Waals surface area contributed by atoms with Crippen LogP contribution in [0.1, 0.15) is 54.4 Å². The zero-order valence-electron chi connectivity index (χ0n) is 11.6. The van der Waals surface area contributed by atoms with Crippen LogP contribution in [0.5, 0.6) is 0 Å². The molecule has 2 bridgehead atoms. The van der Waals surface area contributed by atoms with Crippen LogP contribution in [-0.2, 0) is 0 Å². The van der Waals surface area contributed by atoms with Gasteiger partial charge in [-0.05, 0) is 57.8 Å². The molecule has 3 aliphatic carbocycles. The van der Waals surface area contributed by atoms with Gasteiger partial charge in [-0.2, -0.15) is 0 Å². The molecular weight excluding hydrogens is 198 g/mol. The molecule has 0 radical (unpaired) electrons. The highest BCUT2D eigenvalue weighted by Crippen LogP contribution is 2.62. The highest BCUT2D eigenvalue weighted by atomic mass is 16.3. The summed E-state index contributed by atoms with van der Waals surface area (Å²) >= 11 is 0. The SMILES string of the molecule is CC(C)(C)N[C@@H]1C[C@@H]2C[C@@H](C2(C)C)[C@]1(C)O. The predicted molar refractivity (Wildman–Crippen MR) is 67.3 cm³/mol. The first-order chi connectivity index (χ1) is 7.05. The summed E-state index contributed by atoms with van der Waals surface area (Å²) in [7, 11) is 0. The number of hydrogen-bond donors (Lipinski definition) is 2. The zero-order chi connectivity index (χ0) is 12.4. The van der Waals surface area contributed by atoms with Crippen LogP contribution in [0, 0.1) is 17.3 Å². The van der Waals surface area contributed by atoms with E-state index in [1.165, 1.54) is 6.42 Å². The van der Waals surface area contributed by atoms with Gasteiger partial charge in [-0.15, -0.1) is 0 Å². The van der Waals surface area contributed by atoms with Gasteiger partial charge in [0, 0.05) is 11.6 Å². The van der Waals surface area contributed by atoms with E-state index >= 15 is 0 Å². The molecule has 0 spiro atoms. The van der Waals surface area contributed by atoms with Crippen molar-refractivity contribution in [1.82, 2.24) is 5.32 Å². The van der Waals surface area contributed by atoms with Gasteiger partial charge >= 0.3 is 0 Å². The molecule has 3 fully saturated rings. The van der Waals surface area contributed by atoms with Gasteiger partial charge in [-0.1, -0.05) is 13.8 Å². The minimum atomic E-state index is -0.550. The number of rotatable bonds is 1. The Kier molecular flexibility index (Phi) is 2.50. The number of fused-ring (bicyclic) bond motifs is 2. The maximum atomic E-state index is 10.8. The Morgan fingerprint density at radius 1 is 1.12 bits per heavy atom. The fourth-order valence-electron chi connectivity index (χ4n) is 3.90. The molecule has 0 heterocycles. The van der Waals surface area contributed by atoms with Crippen molar-refractivity contribution in [3.63, 3.8) is 0 Å². The van der Waals surface area contributed by atoms with Gasteiger partial charge in [0.1, 0.15) is 0 Å². The lowest BCUT2D eigenvalue weighted by molar-refractivity contribution is -0.211. The van der Waals surface area contributed by atoms with Gasteiger partial charge in [0.25, 0.3) is 0 Å². The molecule has 0 aromatic heterocycles. The fourth-order valence-corrected chi connectivity index (χ4v) is 3.90. The molecule has 2 N–H and O–H groups in total. The van der Waals surface area contributed by atoms with E-state index in [1.54, 1.807) is 0 Å². The summed E-state index contributed by atoms with van der Waals surface area (Å²) < 4.78 is 0. The van der Waals surface area contributed by atoms with E-state index in [2.05, 4.69) is 39.9 Å². The maximum absolute atomic E-state index is 10.8. The maximum Gasteiger partial charge on any atom is 0.0805 e. The summed E-state index contributed by atoms with van der Waals surface area (Å²) in [5.41, 5.74) is -0.131. The number of nitrogens with one attached hydrogen (secondary N) is 1. The Hall–Kier alpha value is -0.0800. The van der Waals surface area contributed by atoms with Crippen LogP contribution in [0.15, 0.2) is 0 Å². The van der Waals surface area contributed by atoms with Crippen molar-refractivity contribution in [2.45, 2.75) is 71.6 Å². The van der Waals surface area contributed by atoms with Gasteiger partial charge in [-0.25, -0.2) is 0 Å². The lowest BCUT2D eigenvalue weighted by atomic mass is 9.43. The van der Waals surface area contributed by atoms with Crippen molar-refractivity contribution in [2.24, 2.45) is 17.3 Å². The quantitative estimate of drug-likeness (QED) is 0.719. The van der Waals surface area contributed by atoms with Crippen molar-refractivity contribution in [2.75, 3.05) is 0 Å². The minimum Gasteiger partial charge on any atom is -0.388 e. The van der Waals surface area contributed by atoms with Crippen molar-refractivity contribution >= 4 is 0 Å². The number of aliphatic hydroxyl groups is 1. The Balaban J connectivity index is 2.15. The highest BCUT2D eigenvalue weighted by Gasteiger charge is 2.62. The van der Waals surface area contributed by atoms with E-state index < -0.39 is 5.60 Å². The zero-order valence-corrected chi connectivity index (χ0v) is 11.6. The van der Waals surface area contributed by atoms with E-state index in [9.17, 15) is 5.11 Å². The molecule has 0 unspecified atom stereocenters. The van der Waals surface area contributed by atoms with E-state index in [0.29, 0.717) is 11.3 Å². The molecule has 16 heavy (non-hydrogen) atoms. The standard InChI is InChI=1S/C14H27NO/c1-12(2,3)15-11-8-9-7-10(13(9,4)5)14(11,6)16/h9-11,15-16H,7-8H2,1-6H3/t9-,10-,11+,14-/m0/s1.